The summed E-state index contributed by atoms with van der Waals surface area (Å²) in [7, 11) is 3.49. The molecule has 1 unspecified atom stereocenters. The van der Waals surface area contributed by atoms with Crippen molar-refractivity contribution in [2.45, 2.75) is 56.9 Å². The number of nitrogens with zero attached hydrogens (tertiary/aromatic N) is 4. The van der Waals surface area contributed by atoms with Gasteiger partial charge in [0.15, 0.2) is 23.0 Å². The van der Waals surface area contributed by atoms with Crippen molar-refractivity contribution in [1.82, 2.24) is 14.7 Å². The number of ether oxygens (including phenoxy) is 3. The molecule has 1 saturated heterocycles. The second-order valence-corrected chi connectivity index (χ2v) is 12.5. The molecule has 45 heavy (non-hydrogen) atoms. The average molecular weight is 609 g/mol. The lowest BCUT2D eigenvalue weighted by molar-refractivity contribution is -0.0758. The van der Waals surface area contributed by atoms with Crippen molar-refractivity contribution in [1.29, 1.82) is 5.26 Å². The molecular weight excluding hydrogens is 576 g/mol. The Morgan fingerprint density at radius 3 is 2.36 bits per heavy atom. The Kier molecular flexibility index (Phi) is 5.92. The van der Waals surface area contributed by atoms with Crippen molar-refractivity contribution in [3.05, 3.63) is 74.8 Å². The van der Waals surface area contributed by atoms with Crippen LogP contribution in [-0.4, -0.2) is 82.3 Å². The van der Waals surface area contributed by atoms with E-state index in [1.165, 1.54) is 12.0 Å². The SMILES string of the molecule is COc1c(C)cc2c(c1O)[C@H]1C3Cc4c(O)c(C)c5c(c4[C@H](CN4C(=O)c6ccccc6C4=O)N3[C@@H](C#N)[C@@H](C2)N1C)OCO5. The fourth-order valence-electron chi connectivity index (χ4n) is 8.60. The number of phenols is 2. The number of fused-ring (bicyclic) bond motifs is 10. The highest BCUT2D eigenvalue weighted by Crippen LogP contribution is 2.58. The largest absolute Gasteiger partial charge is 0.507 e. The van der Waals surface area contributed by atoms with E-state index < -0.39 is 29.9 Å². The van der Waals surface area contributed by atoms with Crippen LogP contribution in [0.1, 0.15) is 66.2 Å². The summed E-state index contributed by atoms with van der Waals surface area (Å²) in [6, 6.07) is 8.91. The van der Waals surface area contributed by atoms with Crippen LogP contribution >= 0.6 is 0 Å². The molecular formula is C34H32N4O7. The lowest BCUT2D eigenvalue weighted by Crippen LogP contribution is -2.68. The molecule has 0 radical (unpaired) electrons. The minimum absolute atomic E-state index is 0.0364. The molecule has 0 aliphatic carbocycles. The Labute approximate surface area is 259 Å². The second-order valence-electron chi connectivity index (χ2n) is 12.5. The molecule has 5 aliphatic heterocycles. The standard InChI is InChI=1S/C34H32N4O7/c1-15-9-17-10-21-23(12-35)38-22(27(36(21)3)25(17)29(40)30(15)43-4)11-20-26(32-31(44-14-45-32)16(2)28(20)39)24(38)13-37-33(41)18-7-5-6-8-19(18)34(37)42/h5-9,21-24,27,39-40H,10-11,13-14H2,1-4H3/t21-,22?,23+,24+,27-/m1/s1. The van der Waals surface area contributed by atoms with Crippen LogP contribution in [0.2, 0.25) is 0 Å². The van der Waals surface area contributed by atoms with Gasteiger partial charge in [0, 0.05) is 40.9 Å². The second kappa shape index (κ2) is 9.60. The van der Waals surface area contributed by atoms with E-state index in [1.54, 1.807) is 31.2 Å². The van der Waals surface area contributed by atoms with Crippen LogP contribution in [0.3, 0.4) is 0 Å². The average Bonchev–Trinajstić information content (AvgIpc) is 3.60. The van der Waals surface area contributed by atoms with Crippen LogP contribution in [0, 0.1) is 25.2 Å². The first kappa shape index (κ1) is 27.7. The molecule has 11 heteroatoms. The highest BCUT2D eigenvalue weighted by Gasteiger charge is 2.57. The third kappa shape index (κ3) is 3.52. The summed E-state index contributed by atoms with van der Waals surface area (Å²) < 4.78 is 17.4. The van der Waals surface area contributed by atoms with E-state index in [2.05, 4.69) is 15.9 Å². The lowest BCUT2D eigenvalue weighted by Gasteiger charge is -2.60. The first-order valence-corrected chi connectivity index (χ1v) is 15.0. The maximum atomic E-state index is 13.7. The summed E-state index contributed by atoms with van der Waals surface area (Å²) in [6.07, 6.45) is 0.831. The summed E-state index contributed by atoms with van der Waals surface area (Å²) in [5.41, 5.74) is 4.92. The molecule has 2 bridgehead atoms. The maximum absolute atomic E-state index is 13.7. The Hall–Kier alpha value is -4.79. The number of carbonyl (C=O) groups excluding carboxylic acids is 2. The number of phenolic OH excluding ortho intramolecular Hbond substituents is 2. The van der Waals surface area contributed by atoms with Gasteiger partial charge in [-0.05, 0) is 57.0 Å². The molecule has 5 aliphatic rings. The monoisotopic (exact) mass is 608 g/mol. The quantitative estimate of drug-likeness (QED) is 0.425. The van der Waals surface area contributed by atoms with E-state index in [0.29, 0.717) is 57.9 Å². The fourth-order valence-corrected chi connectivity index (χ4v) is 8.60. The number of likely N-dealkylation sites (N-methyl/N-ethyl adjacent to an activating group) is 1. The van der Waals surface area contributed by atoms with Crippen LogP contribution in [-0.2, 0) is 12.8 Å². The van der Waals surface area contributed by atoms with Gasteiger partial charge in [0.25, 0.3) is 11.8 Å². The van der Waals surface area contributed by atoms with Crippen LogP contribution in [0.4, 0.5) is 0 Å². The van der Waals surface area contributed by atoms with Crippen molar-refractivity contribution in [3.8, 4) is 34.8 Å². The number of hydrogen-bond donors (Lipinski definition) is 2. The first-order chi connectivity index (χ1) is 21.7. The number of benzene rings is 3. The van der Waals surface area contributed by atoms with Gasteiger partial charge in [-0.15, -0.1) is 0 Å². The van der Waals surface area contributed by atoms with E-state index in [1.807, 2.05) is 20.0 Å². The van der Waals surface area contributed by atoms with Gasteiger partial charge in [0.1, 0.15) is 11.8 Å². The number of carbonyl (C=O) groups is 2. The van der Waals surface area contributed by atoms with Crippen molar-refractivity contribution >= 4 is 11.8 Å². The molecule has 11 nitrogen and oxygen atoms in total. The molecule has 8 rings (SSSR count). The smallest absolute Gasteiger partial charge is 0.261 e. The number of methoxy groups -OCH3 is 1. The van der Waals surface area contributed by atoms with Crippen LogP contribution in [0.5, 0.6) is 28.7 Å². The van der Waals surface area contributed by atoms with Gasteiger partial charge in [-0.25, -0.2) is 0 Å². The van der Waals surface area contributed by atoms with Gasteiger partial charge in [-0.3, -0.25) is 24.3 Å². The molecule has 0 saturated carbocycles. The van der Waals surface area contributed by atoms with Gasteiger partial charge in [-0.1, -0.05) is 18.2 Å². The van der Waals surface area contributed by atoms with Crippen LogP contribution in [0.25, 0.3) is 0 Å². The van der Waals surface area contributed by atoms with Crippen molar-refractivity contribution in [2.24, 2.45) is 0 Å². The molecule has 3 aromatic carbocycles. The highest BCUT2D eigenvalue weighted by atomic mass is 16.7. The maximum Gasteiger partial charge on any atom is 0.261 e. The van der Waals surface area contributed by atoms with Gasteiger partial charge in [0.2, 0.25) is 6.79 Å². The van der Waals surface area contributed by atoms with Gasteiger partial charge in [0.05, 0.1) is 36.4 Å². The molecule has 0 spiro atoms. The highest BCUT2D eigenvalue weighted by molar-refractivity contribution is 6.21. The molecule has 0 aromatic heterocycles. The molecule has 2 amide bonds. The normalized spacial score (nSPS) is 26.2. The predicted octanol–water partition coefficient (Wildman–Crippen LogP) is 3.52. The zero-order valence-electron chi connectivity index (χ0n) is 25.3. The van der Waals surface area contributed by atoms with E-state index in [4.69, 9.17) is 14.2 Å². The minimum atomic E-state index is -0.706. The number of hydrogen-bond acceptors (Lipinski definition) is 10. The summed E-state index contributed by atoms with van der Waals surface area (Å²) in [6.45, 7) is 3.56. The predicted molar refractivity (Wildman–Crippen MR) is 160 cm³/mol. The fraction of sp³-hybridized carbons (Fsp3) is 0.382. The summed E-state index contributed by atoms with van der Waals surface area (Å²) >= 11 is 0. The number of aromatic hydroxyl groups is 2. The van der Waals surface area contributed by atoms with Crippen LogP contribution in [0.15, 0.2) is 30.3 Å². The summed E-state index contributed by atoms with van der Waals surface area (Å²) in [5, 5.41) is 34.1. The number of rotatable bonds is 3. The molecule has 1 fully saturated rings. The zero-order chi connectivity index (χ0) is 31.5. The number of piperazine rings is 1. The Balaban J connectivity index is 1.35. The number of aryl methyl sites for hydroxylation is 1. The molecule has 5 atom stereocenters. The summed E-state index contributed by atoms with van der Waals surface area (Å²) in [4.78, 5) is 32.8. The van der Waals surface area contributed by atoms with E-state index in [-0.39, 0.29) is 36.9 Å². The van der Waals surface area contributed by atoms with E-state index >= 15 is 0 Å². The van der Waals surface area contributed by atoms with E-state index in [0.717, 1.165) is 16.7 Å². The number of amides is 2. The topological polar surface area (TPSA) is 136 Å². The molecule has 3 aromatic rings. The minimum Gasteiger partial charge on any atom is -0.507 e. The summed E-state index contributed by atoms with van der Waals surface area (Å²) in [5.74, 6) is 0.583. The lowest BCUT2D eigenvalue weighted by atomic mass is 9.71. The van der Waals surface area contributed by atoms with Crippen molar-refractivity contribution in [2.75, 3.05) is 27.5 Å². The number of imide groups is 1. The van der Waals surface area contributed by atoms with Crippen molar-refractivity contribution < 1.29 is 34.0 Å². The van der Waals surface area contributed by atoms with E-state index in [9.17, 15) is 25.1 Å². The molecule has 230 valence electrons. The van der Waals surface area contributed by atoms with Gasteiger partial charge in [-0.2, -0.15) is 5.26 Å². The molecule has 5 heterocycles. The van der Waals surface area contributed by atoms with Gasteiger partial charge < -0.3 is 24.4 Å². The zero-order valence-corrected chi connectivity index (χ0v) is 25.3. The third-order valence-electron chi connectivity index (χ3n) is 10.5. The first-order valence-electron chi connectivity index (χ1n) is 15.0. The Morgan fingerprint density at radius 2 is 1.69 bits per heavy atom. The molecule has 2 N–H and O–H groups in total. The Bertz CT molecular complexity index is 1850. The van der Waals surface area contributed by atoms with Crippen LogP contribution < -0.4 is 14.2 Å². The van der Waals surface area contributed by atoms with Crippen molar-refractivity contribution in [3.63, 3.8) is 0 Å². The number of nitriles is 1. The third-order valence-corrected chi connectivity index (χ3v) is 10.5. The van der Waals surface area contributed by atoms with Gasteiger partial charge >= 0.3 is 0 Å². The Morgan fingerprint density at radius 1 is 1.00 bits per heavy atom.